The fraction of sp³-hybridized carbons (Fsp3) is 0.364. The quantitative estimate of drug-likeness (QED) is 0.818. The lowest BCUT2D eigenvalue weighted by atomic mass is 10.1. The maximum atomic E-state index is 12.7. The third-order valence-corrected chi connectivity index (χ3v) is 5.15. The topological polar surface area (TPSA) is 43.9 Å². The molecule has 1 saturated heterocycles. The zero-order valence-corrected chi connectivity index (χ0v) is 16.1. The number of carbonyl (C=O) groups is 2. The zero-order valence-electron chi connectivity index (χ0n) is 16.1. The highest BCUT2D eigenvalue weighted by molar-refractivity contribution is 5.95. The largest absolute Gasteiger partial charge is 0.336 e. The number of rotatable bonds is 5. The first kappa shape index (κ1) is 19.1. The summed E-state index contributed by atoms with van der Waals surface area (Å²) in [5.74, 6) is 0.140. The second-order valence-corrected chi connectivity index (χ2v) is 6.91. The lowest BCUT2D eigenvalue weighted by molar-refractivity contribution is -0.119. The van der Waals surface area contributed by atoms with Crippen LogP contribution in [-0.4, -0.2) is 61.4 Å². The number of amides is 2. The van der Waals surface area contributed by atoms with Gasteiger partial charge < -0.3 is 9.80 Å². The van der Waals surface area contributed by atoms with E-state index < -0.39 is 0 Å². The predicted molar refractivity (Wildman–Crippen MR) is 108 cm³/mol. The normalized spacial score (nSPS) is 14.8. The molecule has 0 radical (unpaired) electrons. The molecule has 1 heterocycles. The number of piperazine rings is 1. The lowest BCUT2D eigenvalue weighted by Crippen LogP contribution is -2.51. The van der Waals surface area contributed by atoms with Crippen molar-refractivity contribution in [1.29, 1.82) is 0 Å². The molecule has 27 heavy (non-hydrogen) atoms. The Morgan fingerprint density at radius 2 is 1.56 bits per heavy atom. The van der Waals surface area contributed by atoms with Crippen molar-refractivity contribution in [2.45, 2.75) is 13.3 Å². The van der Waals surface area contributed by atoms with Gasteiger partial charge in [0.15, 0.2) is 0 Å². The van der Waals surface area contributed by atoms with Crippen LogP contribution in [0.3, 0.4) is 0 Å². The van der Waals surface area contributed by atoms with Crippen molar-refractivity contribution in [2.75, 3.05) is 44.7 Å². The van der Waals surface area contributed by atoms with Crippen molar-refractivity contribution in [3.05, 3.63) is 65.7 Å². The van der Waals surface area contributed by atoms with Gasteiger partial charge in [0, 0.05) is 44.5 Å². The molecule has 2 aromatic carbocycles. The smallest absolute Gasteiger partial charge is 0.253 e. The summed E-state index contributed by atoms with van der Waals surface area (Å²) >= 11 is 0. The summed E-state index contributed by atoms with van der Waals surface area (Å²) in [6.07, 6.45) is 0.971. The number of likely N-dealkylation sites (N-methyl/N-ethyl adjacent to an activating group) is 1. The fourth-order valence-corrected chi connectivity index (χ4v) is 3.27. The highest BCUT2D eigenvalue weighted by Crippen LogP contribution is 2.13. The number of hydrogen-bond donors (Lipinski definition) is 0. The first-order chi connectivity index (χ1) is 13.1. The summed E-state index contributed by atoms with van der Waals surface area (Å²) < 4.78 is 0. The number of benzene rings is 2. The molecule has 2 amide bonds. The summed E-state index contributed by atoms with van der Waals surface area (Å²) in [6, 6.07) is 17.5. The fourth-order valence-electron chi connectivity index (χ4n) is 3.27. The van der Waals surface area contributed by atoms with Crippen molar-refractivity contribution in [3.63, 3.8) is 0 Å². The predicted octanol–water partition coefficient (Wildman–Crippen LogP) is 2.67. The van der Waals surface area contributed by atoms with E-state index in [9.17, 15) is 9.59 Å². The lowest BCUT2D eigenvalue weighted by Gasteiger charge is -2.35. The Morgan fingerprint density at radius 1 is 0.926 bits per heavy atom. The molecular formula is C22H27N3O2. The zero-order chi connectivity index (χ0) is 19.2. The van der Waals surface area contributed by atoms with Gasteiger partial charge in [-0.05, 0) is 36.2 Å². The molecule has 0 aliphatic carbocycles. The molecule has 142 valence electrons. The maximum absolute atomic E-state index is 12.7. The number of carbonyl (C=O) groups excluding carboxylic acids is 2. The van der Waals surface area contributed by atoms with Gasteiger partial charge in [0.05, 0.1) is 6.54 Å². The van der Waals surface area contributed by atoms with E-state index in [1.807, 2.05) is 59.5 Å². The van der Waals surface area contributed by atoms with Crippen LogP contribution in [0.25, 0.3) is 0 Å². The van der Waals surface area contributed by atoms with Gasteiger partial charge in [0.2, 0.25) is 5.91 Å². The molecule has 0 aromatic heterocycles. The van der Waals surface area contributed by atoms with Gasteiger partial charge in [-0.3, -0.25) is 14.5 Å². The van der Waals surface area contributed by atoms with Crippen LogP contribution in [0.5, 0.6) is 0 Å². The van der Waals surface area contributed by atoms with E-state index in [0.717, 1.165) is 17.7 Å². The van der Waals surface area contributed by atoms with Crippen molar-refractivity contribution < 1.29 is 9.59 Å². The van der Waals surface area contributed by atoms with E-state index in [2.05, 4.69) is 11.8 Å². The Hall–Kier alpha value is -2.66. The van der Waals surface area contributed by atoms with E-state index in [0.29, 0.717) is 32.7 Å². The van der Waals surface area contributed by atoms with E-state index >= 15 is 0 Å². The number of nitrogens with zero attached hydrogens (tertiary/aromatic N) is 3. The average Bonchev–Trinajstić information content (AvgIpc) is 2.74. The van der Waals surface area contributed by atoms with Gasteiger partial charge in [0.25, 0.3) is 5.91 Å². The molecule has 5 nitrogen and oxygen atoms in total. The van der Waals surface area contributed by atoms with Crippen molar-refractivity contribution >= 4 is 17.5 Å². The Labute approximate surface area is 161 Å². The van der Waals surface area contributed by atoms with Gasteiger partial charge in [-0.25, -0.2) is 0 Å². The summed E-state index contributed by atoms with van der Waals surface area (Å²) in [7, 11) is 1.80. The molecule has 0 N–H and O–H groups in total. The van der Waals surface area contributed by atoms with Crippen LogP contribution in [0.2, 0.25) is 0 Å². The van der Waals surface area contributed by atoms with E-state index in [1.54, 1.807) is 11.9 Å². The van der Waals surface area contributed by atoms with Crippen LogP contribution in [0.1, 0.15) is 22.8 Å². The van der Waals surface area contributed by atoms with Gasteiger partial charge in [-0.1, -0.05) is 37.3 Å². The molecule has 2 aromatic rings. The SMILES string of the molecule is CCc1ccc(C(=O)N2CCN(CC(=O)N(C)c3ccccc3)CC2)cc1. The van der Waals surface area contributed by atoms with Crippen molar-refractivity contribution in [2.24, 2.45) is 0 Å². The Kier molecular flexibility index (Phi) is 6.24. The molecule has 0 bridgehead atoms. The van der Waals surface area contributed by atoms with Gasteiger partial charge in [-0.15, -0.1) is 0 Å². The first-order valence-corrected chi connectivity index (χ1v) is 9.50. The van der Waals surface area contributed by atoms with E-state index in [1.165, 1.54) is 5.56 Å². The summed E-state index contributed by atoms with van der Waals surface area (Å²) in [5.41, 5.74) is 2.87. The van der Waals surface area contributed by atoms with Gasteiger partial charge >= 0.3 is 0 Å². The third-order valence-electron chi connectivity index (χ3n) is 5.15. The second-order valence-electron chi connectivity index (χ2n) is 6.91. The Balaban J connectivity index is 1.51. The summed E-state index contributed by atoms with van der Waals surface area (Å²) in [6.45, 7) is 5.21. The molecule has 0 unspecified atom stereocenters. The number of para-hydroxylation sites is 1. The van der Waals surface area contributed by atoms with Crippen LogP contribution < -0.4 is 4.90 Å². The highest BCUT2D eigenvalue weighted by atomic mass is 16.2. The van der Waals surface area contributed by atoms with Gasteiger partial charge in [0.1, 0.15) is 0 Å². The summed E-state index contributed by atoms with van der Waals surface area (Å²) in [4.78, 5) is 30.8. The highest BCUT2D eigenvalue weighted by Gasteiger charge is 2.24. The summed E-state index contributed by atoms with van der Waals surface area (Å²) in [5, 5.41) is 0. The van der Waals surface area contributed by atoms with Crippen LogP contribution in [0.15, 0.2) is 54.6 Å². The van der Waals surface area contributed by atoms with E-state index in [-0.39, 0.29) is 11.8 Å². The molecule has 1 aliphatic heterocycles. The molecule has 5 heteroatoms. The molecule has 0 atom stereocenters. The van der Waals surface area contributed by atoms with Crippen LogP contribution in [-0.2, 0) is 11.2 Å². The van der Waals surface area contributed by atoms with Crippen molar-refractivity contribution in [1.82, 2.24) is 9.80 Å². The molecule has 1 fully saturated rings. The molecule has 0 saturated carbocycles. The molecular weight excluding hydrogens is 338 g/mol. The minimum Gasteiger partial charge on any atom is -0.336 e. The van der Waals surface area contributed by atoms with E-state index in [4.69, 9.17) is 0 Å². The molecule has 0 spiro atoms. The first-order valence-electron chi connectivity index (χ1n) is 9.50. The number of aryl methyl sites for hydroxylation is 1. The van der Waals surface area contributed by atoms with Crippen molar-refractivity contribution in [3.8, 4) is 0 Å². The second kappa shape index (κ2) is 8.82. The molecule has 3 rings (SSSR count). The van der Waals surface area contributed by atoms with Crippen LogP contribution in [0, 0.1) is 0 Å². The minimum absolute atomic E-state index is 0.0659. The van der Waals surface area contributed by atoms with Crippen LogP contribution in [0.4, 0.5) is 5.69 Å². The van der Waals surface area contributed by atoms with Crippen LogP contribution >= 0.6 is 0 Å². The number of anilines is 1. The maximum Gasteiger partial charge on any atom is 0.253 e. The monoisotopic (exact) mass is 365 g/mol. The van der Waals surface area contributed by atoms with Gasteiger partial charge in [-0.2, -0.15) is 0 Å². The average molecular weight is 365 g/mol. The Morgan fingerprint density at radius 3 is 2.15 bits per heavy atom. The molecule has 1 aliphatic rings. The Bertz CT molecular complexity index is 766. The third kappa shape index (κ3) is 4.74. The minimum atomic E-state index is 0.0659. The standard InChI is InChI=1S/C22H27N3O2/c1-3-18-9-11-19(12-10-18)22(27)25-15-13-24(14-16-25)17-21(26)23(2)20-7-5-4-6-8-20/h4-12H,3,13-17H2,1-2H3. The number of hydrogen-bond acceptors (Lipinski definition) is 3.